The summed E-state index contributed by atoms with van der Waals surface area (Å²) in [5.41, 5.74) is 6.77. The summed E-state index contributed by atoms with van der Waals surface area (Å²) in [6.07, 6.45) is 2.08. The van der Waals surface area contributed by atoms with Crippen molar-refractivity contribution >= 4 is 0 Å². The predicted molar refractivity (Wildman–Crippen MR) is 67.4 cm³/mol. The van der Waals surface area contributed by atoms with Gasteiger partial charge >= 0.3 is 0 Å². The second-order valence-corrected chi connectivity index (χ2v) is 4.24. The first-order valence-corrected chi connectivity index (χ1v) is 6.15. The Morgan fingerprint density at radius 2 is 2.18 bits per heavy atom. The van der Waals surface area contributed by atoms with Crippen LogP contribution in [0.3, 0.4) is 0 Å². The fourth-order valence-electron chi connectivity index (χ4n) is 2.00. The van der Waals surface area contributed by atoms with Crippen molar-refractivity contribution in [2.75, 3.05) is 19.9 Å². The molecule has 0 aliphatic carbocycles. The highest BCUT2D eigenvalue weighted by atomic mass is 16.7. The molecule has 0 fully saturated rings. The standard InChI is InChI=1S/C13H20N2O2/c1-2-11(15-6-5-14)7-10-3-4-12-13(8-10)17-9-16-12/h3-4,8,11,15H,2,5-7,9,14H2,1H3. The molecule has 4 nitrogen and oxygen atoms in total. The summed E-state index contributed by atoms with van der Waals surface area (Å²) in [6, 6.07) is 6.61. The third-order valence-electron chi connectivity index (χ3n) is 2.99. The van der Waals surface area contributed by atoms with Gasteiger partial charge in [-0.1, -0.05) is 13.0 Å². The van der Waals surface area contributed by atoms with Gasteiger partial charge in [0.15, 0.2) is 11.5 Å². The summed E-state index contributed by atoms with van der Waals surface area (Å²) in [5.74, 6) is 1.70. The van der Waals surface area contributed by atoms with Crippen LogP contribution in [0, 0.1) is 0 Å². The van der Waals surface area contributed by atoms with E-state index in [9.17, 15) is 0 Å². The molecule has 1 atom stereocenters. The van der Waals surface area contributed by atoms with E-state index in [1.54, 1.807) is 0 Å². The minimum absolute atomic E-state index is 0.335. The highest BCUT2D eigenvalue weighted by Gasteiger charge is 2.14. The summed E-state index contributed by atoms with van der Waals surface area (Å²) in [5, 5.41) is 3.44. The molecule has 0 spiro atoms. The minimum atomic E-state index is 0.335. The van der Waals surface area contributed by atoms with Gasteiger partial charge in [0.25, 0.3) is 0 Å². The van der Waals surface area contributed by atoms with Crippen LogP contribution in [0.5, 0.6) is 11.5 Å². The molecule has 1 aromatic carbocycles. The molecular formula is C13H20N2O2. The quantitative estimate of drug-likeness (QED) is 0.781. The van der Waals surface area contributed by atoms with E-state index in [-0.39, 0.29) is 0 Å². The van der Waals surface area contributed by atoms with E-state index in [4.69, 9.17) is 15.2 Å². The van der Waals surface area contributed by atoms with Crippen LogP contribution >= 0.6 is 0 Å². The molecule has 1 aromatic rings. The van der Waals surface area contributed by atoms with Gasteiger partial charge in [0.2, 0.25) is 6.79 Å². The van der Waals surface area contributed by atoms with Crippen LogP contribution in [0.2, 0.25) is 0 Å². The molecule has 0 bridgehead atoms. The summed E-state index contributed by atoms with van der Waals surface area (Å²) >= 11 is 0. The highest BCUT2D eigenvalue weighted by molar-refractivity contribution is 5.44. The molecule has 3 N–H and O–H groups in total. The van der Waals surface area contributed by atoms with Crippen LogP contribution in [0.4, 0.5) is 0 Å². The van der Waals surface area contributed by atoms with Crippen LogP contribution < -0.4 is 20.5 Å². The minimum Gasteiger partial charge on any atom is -0.454 e. The van der Waals surface area contributed by atoms with Gasteiger partial charge in [0.05, 0.1) is 0 Å². The number of benzene rings is 1. The zero-order valence-corrected chi connectivity index (χ0v) is 10.2. The molecule has 1 unspecified atom stereocenters. The predicted octanol–water partition coefficient (Wildman–Crippen LogP) is 1.28. The lowest BCUT2D eigenvalue weighted by Gasteiger charge is -2.16. The monoisotopic (exact) mass is 236 g/mol. The molecule has 4 heteroatoms. The number of nitrogens with two attached hydrogens (primary N) is 1. The van der Waals surface area contributed by atoms with Crippen molar-refractivity contribution in [1.29, 1.82) is 0 Å². The van der Waals surface area contributed by atoms with Crippen molar-refractivity contribution in [2.24, 2.45) is 5.73 Å². The summed E-state index contributed by atoms with van der Waals surface area (Å²) in [7, 11) is 0. The van der Waals surface area contributed by atoms with Gasteiger partial charge in [-0.05, 0) is 30.5 Å². The Morgan fingerprint density at radius 1 is 1.35 bits per heavy atom. The molecule has 17 heavy (non-hydrogen) atoms. The fraction of sp³-hybridized carbons (Fsp3) is 0.538. The van der Waals surface area contributed by atoms with Gasteiger partial charge in [0.1, 0.15) is 0 Å². The Kier molecular flexibility index (Phi) is 4.23. The maximum atomic E-state index is 5.50. The third kappa shape index (κ3) is 3.11. The summed E-state index contributed by atoms with van der Waals surface area (Å²) in [6.45, 7) is 4.06. The average molecular weight is 236 g/mol. The number of fused-ring (bicyclic) bond motifs is 1. The van der Waals surface area contributed by atoms with Crippen LogP contribution in [-0.4, -0.2) is 25.9 Å². The van der Waals surface area contributed by atoms with Crippen LogP contribution in [0.15, 0.2) is 18.2 Å². The number of nitrogens with one attached hydrogen (secondary N) is 1. The second-order valence-electron chi connectivity index (χ2n) is 4.24. The molecule has 1 aliphatic heterocycles. The van der Waals surface area contributed by atoms with Crippen molar-refractivity contribution in [2.45, 2.75) is 25.8 Å². The zero-order valence-electron chi connectivity index (χ0n) is 10.2. The van der Waals surface area contributed by atoms with Crippen molar-refractivity contribution in [1.82, 2.24) is 5.32 Å². The van der Waals surface area contributed by atoms with E-state index in [0.717, 1.165) is 30.9 Å². The van der Waals surface area contributed by atoms with E-state index >= 15 is 0 Å². The van der Waals surface area contributed by atoms with Crippen molar-refractivity contribution in [3.8, 4) is 11.5 Å². The first kappa shape index (κ1) is 12.2. The van der Waals surface area contributed by atoms with E-state index in [1.165, 1.54) is 5.56 Å². The van der Waals surface area contributed by atoms with Crippen LogP contribution in [0.1, 0.15) is 18.9 Å². The maximum absolute atomic E-state index is 5.50. The van der Waals surface area contributed by atoms with Gasteiger partial charge in [-0.25, -0.2) is 0 Å². The number of hydrogen-bond donors (Lipinski definition) is 2. The molecule has 94 valence electrons. The Labute approximate surface area is 102 Å². The highest BCUT2D eigenvalue weighted by Crippen LogP contribution is 2.32. The Morgan fingerprint density at radius 3 is 2.94 bits per heavy atom. The fourth-order valence-corrected chi connectivity index (χ4v) is 2.00. The van der Waals surface area contributed by atoms with Gasteiger partial charge in [-0.2, -0.15) is 0 Å². The maximum Gasteiger partial charge on any atom is 0.231 e. The summed E-state index contributed by atoms with van der Waals surface area (Å²) in [4.78, 5) is 0. The Hall–Kier alpha value is -1.26. The summed E-state index contributed by atoms with van der Waals surface area (Å²) < 4.78 is 10.7. The molecule has 1 aliphatic rings. The normalized spacial score (nSPS) is 14.9. The first-order valence-electron chi connectivity index (χ1n) is 6.15. The lowest BCUT2D eigenvalue weighted by atomic mass is 10.0. The molecule has 2 rings (SSSR count). The van der Waals surface area contributed by atoms with Crippen molar-refractivity contribution in [3.63, 3.8) is 0 Å². The smallest absolute Gasteiger partial charge is 0.231 e. The van der Waals surface area contributed by atoms with Gasteiger partial charge in [0, 0.05) is 19.1 Å². The molecular weight excluding hydrogens is 216 g/mol. The number of hydrogen-bond acceptors (Lipinski definition) is 4. The number of rotatable bonds is 6. The van der Waals surface area contributed by atoms with Crippen LogP contribution in [-0.2, 0) is 6.42 Å². The third-order valence-corrected chi connectivity index (χ3v) is 2.99. The largest absolute Gasteiger partial charge is 0.454 e. The van der Waals surface area contributed by atoms with E-state index in [0.29, 0.717) is 19.4 Å². The SMILES string of the molecule is CCC(Cc1ccc2c(c1)OCO2)NCCN. The van der Waals surface area contributed by atoms with Gasteiger partial charge in [-0.15, -0.1) is 0 Å². The van der Waals surface area contributed by atoms with E-state index < -0.39 is 0 Å². The van der Waals surface area contributed by atoms with E-state index in [2.05, 4.69) is 24.4 Å². The van der Waals surface area contributed by atoms with Crippen LogP contribution in [0.25, 0.3) is 0 Å². The molecule has 1 heterocycles. The molecule has 0 radical (unpaired) electrons. The molecule has 0 saturated carbocycles. The van der Waals surface area contributed by atoms with Crippen molar-refractivity contribution in [3.05, 3.63) is 23.8 Å². The van der Waals surface area contributed by atoms with Gasteiger partial charge in [-0.3, -0.25) is 0 Å². The zero-order chi connectivity index (χ0) is 12.1. The lowest BCUT2D eigenvalue weighted by molar-refractivity contribution is 0.174. The Balaban J connectivity index is 1.97. The average Bonchev–Trinajstić information content (AvgIpc) is 2.81. The van der Waals surface area contributed by atoms with E-state index in [1.807, 2.05) is 6.07 Å². The number of ether oxygens (including phenoxy) is 2. The lowest BCUT2D eigenvalue weighted by Crippen LogP contribution is -2.34. The Bertz CT molecular complexity index is 368. The van der Waals surface area contributed by atoms with Gasteiger partial charge < -0.3 is 20.5 Å². The van der Waals surface area contributed by atoms with Crippen molar-refractivity contribution < 1.29 is 9.47 Å². The molecule has 0 amide bonds. The first-order chi connectivity index (χ1) is 8.33. The molecule has 0 saturated heterocycles. The topological polar surface area (TPSA) is 56.5 Å². The second kappa shape index (κ2) is 5.89. The molecule has 0 aromatic heterocycles.